The Morgan fingerprint density at radius 2 is 2.33 bits per heavy atom. The summed E-state index contributed by atoms with van der Waals surface area (Å²) in [6, 6.07) is 5.53. The smallest absolute Gasteiger partial charge is 0.128 e. The molecule has 2 atom stereocenters. The summed E-state index contributed by atoms with van der Waals surface area (Å²) in [5.41, 5.74) is 0. The summed E-state index contributed by atoms with van der Waals surface area (Å²) in [5.74, 6) is 0. The standard InChI is InChI=1S/C9H11BrN2OS.ClH/c10-8-2-1-3-9(12-8)14(13)7-4-5-11-6-7;/h1-3,7,11H,4-6H2;1H/t7-,14+;/m1./s1. The van der Waals surface area contributed by atoms with Crippen LogP contribution in [0.1, 0.15) is 6.42 Å². The van der Waals surface area contributed by atoms with Gasteiger partial charge in [-0.1, -0.05) is 6.07 Å². The Bertz CT molecular complexity index is 358. The van der Waals surface area contributed by atoms with Gasteiger partial charge in [0.15, 0.2) is 0 Å². The lowest BCUT2D eigenvalue weighted by molar-refractivity contribution is 0.669. The van der Waals surface area contributed by atoms with Gasteiger partial charge < -0.3 is 5.32 Å². The number of nitrogens with one attached hydrogen (secondary N) is 1. The van der Waals surface area contributed by atoms with Crippen molar-refractivity contribution >= 4 is 39.1 Å². The molecule has 1 aromatic rings. The second-order valence-electron chi connectivity index (χ2n) is 3.21. The van der Waals surface area contributed by atoms with E-state index in [2.05, 4.69) is 26.2 Å². The van der Waals surface area contributed by atoms with E-state index < -0.39 is 10.8 Å². The third-order valence-corrected chi connectivity index (χ3v) is 4.30. The quantitative estimate of drug-likeness (QED) is 0.846. The van der Waals surface area contributed by atoms with Crippen LogP contribution in [0.4, 0.5) is 0 Å². The largest absolute Gasteiger partial charge is 0.315 e. The molecule has 0 bridgehead atoms. The molecule has 3 nitrogen and oxygen atoms in total. The lowest BCUT2D eigenvalue weighted by Crippen LogP contribution is -2.19. The molecule has 0 unspecified atom stereocenters. The van der Waals surface area contributed by atoms with Crippen molar-refractivity contribution in [2.45, 2.75) is 16.7 Å². The van der Waals surface area contributed by atoms with E-state index in [1.165, 1.54) is 0 Å². The summed E-state index contributed by atoms with van der Waals surface area (Å²) in [7, 11) is -0.973. The van der Waals surface area contributed by atoms with Crippen molar-refractivity contribution < 1.29 is 4.21 Å². The van der Waals surface area contributed by atoms with Gasteiger partial charge >= 0.3 is 0 Å². The molecule has 0 saturated carbocycles. The van der Waals surface area contributed by atoms with Crippen molar-refractivity contribution in [3.63, 3.8) is 0 Å². The van der Waals surface area contributed by atoms with Crippen LogP contribution in [0.2, 0.25) is 0 Å². The van der Waals surface area contributed by atoms with Gasteiger partial charge in [-0.05, 0) is 41.0 Å². The predicted molar refractivity (Wildman–Crippen MR) is 66.9 cm³/mol. The minimum atomic E-state index is -0.973. The van der Waals surface area contributed by atoms with Crippen LogP contribution in [0, 0.1) is 0 Å². The third-order valence-electron chi connectivity index (χ3n) is 2.21. The molecule has 84 valence electrons. The summed E-state index contributed by atoms with van der Waals surface area (Å²) >= 11 is 3.28. The van der Waals surface area contributed by atoms with Gasteiger partial charge in [-0.2, -0.15) is 0 Å². The Kier molecular flexibility index (Phi) is 5.18. The third kappa shape index (κ3) is 3.24. The molecule has 1 aliphatic heterocycles. The van der Waals surface area contributed by atoms with E-state index in [-0.39, 0.29) is 17.7 Å². The molecule has 0 radical (unpaired) electrons. The van der Waals surface area contributed by atoms with Gasteiger partial charge in [-0.15, -0.1) is 12.4 Å². The number of halogens is 2. The summed E-state index contributed by atoms with van der Waals surface area (Å²) in [4.78, 5) is 4.21. The molecule has 0 amide bonds. The number of nitrogens with zero attached hydrogens (tertiary/aromatic N) is 1. The topological polar surface area (TPSA) is 42.0 Å². The highest BCUT2D eigenvalue weighted by atomic mass is 79.9. The van der Waals surface area contributed by atoms with Gasteiger partial charge in [0, 0.05) is 6.54 Å². The number of hydrogen-bond donors (Lipinski definition) is 1. The number of hydrogen-bond acceptors (Lipinski definition) is 3. The molecule has 0 aliphatic carbocycles. The summed E-state index contributed by atoms with van der Waals surface area (Å²) in [6.07, 6.45) is 0.973. The monoisotopic (exact) mass is 310 g/mol. The van der Waals surface area contributed by atoms with E-state index in [9.17, 15) is 4.21 Å². The fourth-order valence-electron chi connectivity index (χ4n) is 1.48. The van der Waals surface area contributed by atoms with Crippen LogP contribution in [0.25, 0.3) is 0 Å². The fourth-order valence-corrected chi connectivity index (χ4v) is 3.29. The molecule has 0 spiro atoms. The molecule has 2 heterocycles. The molecular formula is C9H12BrClN2OS. The Hall–Kier alpha value is 0.0300. The molecule has 1 aromatic heterocycles. The zero-order valence-electron chi connectivity index (χ0n) is 7.98. The van der Waals surface area contributed by atoms with Crippen LogP contribution in [-0.4, -0.2) is 27.5 Å². The van der Waals surface area contributed by atoms with Crippen molar-refractivity contribution in [1.82, 2.24) is 10.3 Å². The molecule has 1 fully saturated rings. The highest BCUT2D eigenvalue weighted by molar-refractivity contribution is 9.10. The zero-order valence-corrected chi connectivity index (χ0v) is 11.2. The van der Waals surface area contributed by atoms with Crippen molar-refractivity contribution in [3.05, 3.63) is 22.8 Å². The maximum absolute atomic E-state index is 12.0. The van der Waals surface area contributed by atoms with Crippen LogP contribution in [0.3, 0.4) is 0 Å². The SMILES string of the molecule is Cl.O=[S@](c1cccc(Br)n1)[C@@H]1CCNC1. The first-order chi connectivity index (χ1) is 6.77. The highest BCUT2D eigenvalue weighted by Gasteiger charge is 2.23. The van der Waals surface area contributed by atoms with Crippen molar-refractivity contribution in [2.24, 2.45) is 0 Å². The molecule has 1 N–H and O–H groups in total. The van der Waals surface area contributed by atoms with Gasteiger partial charge in [0.05, 0.1) is 16.0 Å². The van der Waals surface area contributed by atoms with Gasteiger partial charge in [0.2, 0.25) is 0 Å². The Labute approximate surface area is 106 Å². The zero-order chi connectivity index (χ0) is 9.97. The van der Waals surface area contributed by atoms with Gasteiger partial charge in [-0.3, -0.25) is 4.21 Å². The molecule has 15 heavy (non-hydrogen) atoms. The minimum absolute atomic E-state index is 0. The number of pyridine rings is 1. The van der Waals surface area contributed by atoms with Crippen molar-refractivity contribution in [2.75, 3.05) is 13.1 Å². The maximum Gasteiger partial charge on any atom is 0.128 e. The second-order valence-corrected chi connectivity index (χ2v) is 5.70. The second kappa shape index (κ2) is 5.94. The van der Waals surface area contributed by atoms with E-state index in [1.807, 2.05) is 18.2 Å². The Morgan fingerprint density at radius 3 is 2.93 bits per heavy atom. The summed E-state index contributed by atoms with van der Waals surface area (Å²) < 4.78 is 12.7. The summed E-state index contributed by atoms with van der Waals surface area (Å²) in [5, 5.41) is 4.10. The van der Waals surface area contributed by atoms with Gasteiger partial charge in [-0.25, -0.2) is 4.98 Å². The van der Waals surface area contributed by atoms with E-state index >= 15 is 0 Å². The number of rotatable bonds is 2. The fraction of sp³-hybridized carbons (Fsp3) is 0.444. The first kappa shape index (κ1) is 13.1. The van der Waals surface area contributed by atoms with Crippen LogP contribution in [0.5, 0.6) is 0 Å². The highest BCUT2D eigenvalue weighted by Crippen LogP contribution is 2.16. The molecule has 0 aromatic carbocycles. The average molecular weight is 312 g/mol. The van der Waals surface area contributed by atoms with Crippen molar-refractivity contribution in [3.8, 4) is 0 Å². The molecule has 6 heteroatoms. The molecule has 2 rings (SSSR count). The van der Waals surface area contributed by atoms with Gasteiger partial charge in [0.1, 0.15) is 9.63 Å². The average Bonchev–Trinajstić information content (AvgIpc) is 2.69. The molecule has 1 aliphatic rings. The van der Waals surface area contributed by atoms with Crippen LogP contribution >= 0.6 is 28.3 Å². The van der Waals surface area contributed by atoms with Gasteiger partial charge in [0.25, 0.3) is 0 Å². The lowest BCUT2D eigenvalue weighted by Gasteiger charge is -2.07. The van der Waals surface area contributed by atoms with Crippen LogP contribution in [0.15, 0.2) is 27.8 Å². The Balaban J connectivity index is 0.00000112. The maximum atomic E-state index is 12.0. The number of aromatic nitrogens is 1. The molecular weight excluding hydrogens is 300 g/mol. The predicted octanol–water partition coefficient (Wildman–Crippen LogP) is 1.74. The Morgan fingerprint density at radius 1 is 1.53 bits per heavy atom. The van der Waals surface area contributed by atoms with Crippen LogP contribution < -0.4 is 5.32 Å². The lowest BCUT2D eigenvalue weighted by atomic mass is 10.4. The van der Waals surface area contributed by atoms with Crippen LogP contribution in [-0.2, 0) is 10.8 Å². The first-order valence-electron chi connectivity index (χ1n) is 4.51. The van der Waals surface area contributed by atoms with E-state index in [0.717, 1.165) is 24.1 Å². The normalized spacial score (nSPS) is 22.1. The van der Waals surface area contributed by atoms with Crippen molar-refractivity contribution in [1.29, 1.82) is 0 Å². The van der Waals surface area contributed by atoms with E-state index in [1.54, 1.807) is 0 Å². The first-order valence-corrected chi connectivity index (χ1v) is 6.52. The van der Waals surface area contributed by atoms with E-state index in [0.29, 0.717) is 5.03 Å². The molecule has 1 saturated heterocycles. The summed E-state index contributed by atoms with van der Waals surface area (Å²) in [6.45, 7) is 1.80. The minimum Gasteiger partial charge on any atom is -0.315 e. The van der Waals surface area contributed by atoms with E-state index in [4.69, 9.17) is 0 Å².